The zero-order valence-electron chi connectivity index (χ0n) is 16.2. The summed E-state index contributed by atoms with van der Waals surface area (Å²) in [6.45, 7) is 8.18. The first kappa shape index (κ1) is 18.3. The van der Waals surface area contributed by atoms with Crippen LogP contribution in [-0.2, 0) is 11.2 Å². The summed E-state index contributed by atoms with van der Waals surface area (Å²) in [5, 5.41) is 4.39. The van der Waals surface area contributed by atoms with Gasteiger partial charge in [-0.05, 0) is 43.4 Å². The highest BCUT2D eigenvalue weighted by molar-refractivity contribution is 5.84. The normalized spacial score (nSPS) is 21.1. The maximum Gasteiger partial charge on any atom is 0.317 e. The van der Waals surface area contributed by atoms with Crippen molar-refractivity contribution in [3.05, 3.63) is 35.5 Å². The molecule has 4 rings (SSSR count). The molecule has 1 aromatic heterocycles. The number of benzene rings is 1. The van der Waals surface area contributed by atoms with Crippen LogP contribution >= 0.6 is 0 Å². The average Bonchev–Trinajstić information content (AvgIpc) is 3.29. The van der Waals surface area contributed by atoms with Gasteiger partial charge in [0.25, 0.3) is 0 Å². The van der Waals surface area contributed by atoms with Gasteiger partial charge in [0.2, 0.25) is 0 Å². The molecule has 0 radical (unpaired) electrons. The molecule has 0 bridgehead atoms. The van der Waals surface area contributed by atoms with Crippen LogP contribution in [0.2, 0.25) is 0 Å². The molecule has 2 saturated heterocycles. The van der Waals surface area contributed by atoms with Crippen LogP contribution in [0.5, 0.6) is 0 Å². The lowest BCUT2D eigenvalue weighted by Gasteiger charge is -2.32. The van der Waals surface area contributed by atoms with Crippen molar-refractivity contribution in [3.8, 4) is 0 Å². The van der Waals surface area contributed by atoms with Crippen molar-refractivity contribution in [2.75, 3.05) is 45.9 Å². The van der Waals surface area contributed by atoms with Crippen LogP contribution in [-0.4, -0.2) is 72.8 Å². The van der Waals surface area contributed by atoms with E-state index in [0.717, 1.165) is 58.7 Å². The molecule has 2 amide bonds. The summed E-state index contributed by atoms with van der Waals surface area (Å²) in [6.07, 6.45) is 5.11. The predicted molar refractivity (Wildman–Crippen MR) is 107 cm³/mol. The number of morpholine rings is 1. The number of likely N-dealkylation sites (tertiary alicyclic amines) is 1. The molecule has 1 aromatic carbocycles. The number of hydrogen-bond acceptors (Lipinski definition) is 3. The molecule has 0 saturated carbocycles. The van der Waals surface area contributed by atoms with Gasteiger partial charge < -0.3 is 19.9 Å². The molecular formula is C21H30N4O2. The quantitative estimate of drug-likeness (QED) is 0.850. The first-order valence-corrected chi connectivity index (χ1v) is 10.1. The summed E-state index contributed by atoms with van der Waals surface area (Å²) < 4.78 is 5.43. The van der Waals surface area contributed by atoms with Crippen molar-refractivity contribution in [3.63, 3.8) is 0 Å². The van der Waals surface area contributed by atoms with Crippen molar-refractivity contribution >= 4 is 16.9 Å². The molecule has 1 atom stereocenters. The van der Waals surface area contributed by atoms with E-state index in [0.29, 0.717) is 12.6 Å². The number of urea groups is 1. The van der Waals surface area contributed by atoms with Crippen molar-refractivity contribution in [2.24, 2.45) is 0 Å². The minimum absolute atomic E-state index is 0.0847. The summed E-state index contributed by atoms with van der Waals surface area (Å²) >= 11 is 0. The van der Waals surface area contributed by atoms with E-state index >= 15 is 0 Å². The molecule has 2 fully saturated rings. The number of nitrogens with zero attached hydrogens (tertiary/aromatic N) is 2. The summed E-state index contributed by atoms with van der Waals surface area (Å²) in [7, 11) is 0. The van der Waals surface area contributed by atoms with Crippen LogP contribution in [0.3, 0.4) is 0 Å². The van der Waals surface area contributed by atoms with E-state index in [4.69, 9.17) is 4.74 Å². The van der Waals surface area contributed by atoms with Gasteiger partial charge in [-0.2, -0.15) is 0 Å². The SMILES string of the molecule is Cc1ccc2c(CCNC(=O)N3CCC[C@H]3CN3CCOCC3)c[nH]c2c1. The van der Waals surface area contributed by atoms with Crippen LogP contribution in [0.15, 0.2) is 24.4 Å². The number of nitrogens with one attached hydrogen (secondary N) is 2. The molecule has 0 aliphatic carbocycles. The first-order valence-electron chi connectivity index (χ1n) is 10.1. The Kier molecular flexibility index (Phi) is 5.64. The maximum absolute atomic E-state index is 12.7. The number of amides is 2. The van der Waals surface area contributed by atoms with Crippen LogP contribution < -0.4 is 5.32 Å². The number of aromatic nitrogens is 1. The summed E-state index contributed by atoms with van der Waals surface area (Å²) in [6, 6.07) is 6.88. The Hall–Kier alpha value is -2.05. The van der Waals surface area contributed by atoms with Crippen molar-refractivity contribution in [2.45, 2.75) is 32.2 Å². The van der Waals surface area contributed by atoms with Gasteiger partial charge in [-0.3, -0.25) is 4.90 Å². The maximum atomic E-state index is 12.7. The number of aromatic amines is 1. The highest BCUT2D eigenvalue weighted by Gasteiger charge is 2.30. The lowest BCUT2D eigenvalue weighted by atomic mass is 10.1. The molecule has 2 aromatic rings. The summed E-state index contributed by atoms with van der Waals surface area (Å²) in [5.41, 5.74) is 3.68. The Labute approximate surface area is 160 Å². The molecule has 2 aliphatic heterocycles. The highest BCUT2D eigenvalue weighted by atomic mass is 16.5. The molecule has 0 unspecified atom stereocenters. The van der Waals surface area contributed by atoms with E-state index in [1.54, 1.807) is 0 Å². The van der Waals surface area contributed by atoms with E-state index in [2.05, 4.69) is 46.5 Å². The van der Waals surface area contributed by atoms with Gasteiger partial charge in [-0.1, -0.05) is 12.1 Å². The predicted octanol–water partition coefficient (Wildman–Crippen LogP) is 2.53. The number of carbonyl (C=O) groups excluding carboxylic acids is 1. The number of carbonyl (C=O) groups is 1. The first-order chi connectivity index (χ1) is 13.2. The van der Waals surface area contributed by atoms with Crippen LogP contribution in [0.4, 0.5) is 4.79 Å². The molecule has 2 N–H and O–H groups in total. The Morgan fingerprint density at radius 1 is 1.30 bits per heavy atom. The zero-order chi connectivity index (χ0) is 18.6. The molecule has 6 heteroatoms. The number of ether oxygens (including phenoxy) is 1. The third kappa shape index (κ3) is 4.28. The van der Waals surface area contributed by atoms with Crippen molar-refractivity contribution in [1.29, 1.82) is 0 Å². The fraction of sp³-hybridized carbons (Fsp3) is 0.571. The van der Waals surface area contributed by atoms with Gasteiger partial charge in [0.05, 0.1) is 13.2 Å². The van der Waals surface area contributed by atoms with E-state index in [1.807, 2.05) is 4.90 Å². The summed E-state index contributed by atoms with van der Waals surface area (Å²) in [4.78, 5) is 20.5. The second-order valence-electron chi connectivity index (χ2n) is 7.75. The zero-order valence-corrected chi connectivity index (χ0v) is 16.2. The van der Waals surface area contributed by atoms with Gasteiger partial charge in [0.15, 0.2) is 0 Å². The minimum atomic E-state index is 0.0847. The topological polar surface area (TPSA) is 60.6 Å². The fourth-order valence-electron chi connectivity index (χ4n) is 4.29. The fourth-order valence-corrected chi connectivity index (χ4v) is 4.29. The lowest BCUT2D eigenvalue weighted by molar-refractivity contribution is 0.0292. The number of hydrogen-bond donors (Lipinski definition) is 2. The Morgan fingerprint density at radius 2 is 2.15 bits per heavy atom. The third-order valence-corrected chi connectivity index (χ3v) is 5.80. The van der Waals surface area contributed by atoms with Crippen LogP contribution in [0.1, 0.15) is 24.0 Å². The van der Waals surface area contributed by atoms with E-state index < -0.39 is 0 Å². The minimum Gasteiger partial charge on any atom is -0.379 e. The third-order valence-electron chi connectivity index (χ3n) is 5.80. The number of aryl methyl sites for hydroxylation is 1. The Balaban J connectivity index is 1.29. The number of H-pyrrole nitrogens is 1. The van der Waals surface area contributed by atoms with Gasteiger partial charge >= 0.3 is 6.03 Å². The summed E-state index contributed by atoms with van der Waals surface area (Å²) in [5.74, 6) is 0. The molecule has 27 heavy (non-hydrogen) atoms. The monoisotopic (exact) mass is 370 g/mol. The van der Waals surface area contributed by atoms with Crippen molar-refractivity contribution < 1.29 is 9.53 Å². The molecular weight excluding hydrogens is 340 g/mol. The Morgan fingerprint density at radius 3 is 3.00 bits per heavy atom. The van der Waals surface area contributed by atoms with E-state index in [-0.39, 0.29) is 6.03 Å². The second kappa shape index (κ2) is 8.31. The average molecular weight is 370 g/mol. The highest BCUT2D eigenvalue weighted by Crippen LogP contribution is 2.21. The van der Waals surface area contributed by atoms with Gasteiger partial charge in [0.1, 0.15) is 0 Å². The van der Waals surface area contributed by atoms with Crippen LogP contribution in [0.25, 0.3) is 10.9 Å². The van der Waals surface area contributed by atoms with Gasteiger partial charge in [-0.15, -0.1) is 0 Å². The molecule has 3 heterocycles. The smallest absolute Gasteiger partial charge is 0.317 e. The van der Waals surface area contributed by atoms with Crippen LogP contribution in [0, 0.1) is 6.92 Å². The second-order valence-corrected chi connectivity index (χ2v) is 7.75. The largest absolute Gasteiger partial charge is 0.379 e. The van der Waals surface area contributed by atoms with Crippen molar-refractivity contribution in [1.82, 2.24) is 20.1 Å². The number of rotatable bonds is 5. The lowest BCUT2D eigenvalue weighted by Crippen LogP contribution is -2.49. The molecule has 146 valence electrons. The molecule has 6 nitrogen and oxygen atoms in total. The molecule has 2 aliphatic rings. The standard InChI is InChI=1S/C21H30N4O2/c1-16-4-5-19-17(14-23-20(19)13-16)6-7-22-21(26)25-8-2-3-18(25)15-24-9-11-27-12-10-24/h4-5,13-14,18,23H,2-3,6-12,15H2,1H3,(H,22,26)/t18-/m0/s1. The van der Waals surface area contributed by atoms with E-state index in [9.17, 15) is 4.79 Å². The number of fused-ring (bicyclic) bond motifs is 1. The van der Waals surface area contributed by atoms with E-state index in [1.165, 1.54) is 22.0 Å². The van der Waals surface area contributed by atoms with Gasteiger partial charge in [-0.25, -0.2) is 4.79 Å². The molecule has 0 spiro atoms. The van der Waals surface area contributed by atoms with Gasteiger partial charge in [0, 0.05) is 55.9 Å². The Bertz CT molecular complexity index is 782.